The van der Waals surface area contributed by atoms with E-state index in [0.29, 0.717) is 26.1 Å². The summed E-state index contributed by atoms with van der Waals surface area (Å²) < 4.78 is 7.25. The highest BCUT2D eigenvalue weighted by atomic mass is 16.5. The Morgan fingerprint density at radius 1 is 1.38 bits per heavy atom. The van der Waals surface area contributed by atoms with Gasteiger partial charge in [0, 0.05) is 13.7 Å². The Hall–Kier alpha value is -2.74. The molecule has 0 saturated carbocycles. The van der Waals surface area contributed by atoms with E-state index in [4.69, 9.17) is 4.74 Å². The topological polar surface area (TPSA) is 88.9 Å². The number of aromatic nitrogens is 5. The minimum Gasteiger partial charge on any atom is -0.377 e. The molecule has 8 heteroatoms. The van der Waals surface area contributed by atoms with Crippen LogP contribution < -0.4 is 0 Å². The van der Waals surface area contributed by atoms with E-state index in [1.807, 2.05) is 30.0 Å². The summed E-state index contributed by atoms with van der Waals surface area (Å²) in [5.41, 5.74) is 2.86. The molecule has 1 atom stereocenters. The first-order valence-corrected chi connectivity index (χ1v) is 8.69. The summed E-state index contributed by atoms with van der Waals surface area (Å²) in [6.07, 6.45) is 0.361. The molecule has 1 aromatic carbocycles. The fourth-order valence-electron chi connectivity index (χ4n) is 3.61. The zero-order valence-electron chi connectivity index (χ0n) is 15.2. The number of hydrogen-bond donors (Lipinski definition) is 1. The highest BCUT2D eigenvalue weighted by molar-refractivity contribution is 5.82. The second-order valence-corrected chi connectivity index (χ2v) is 6.81. The van der Waals surface area contributed by atoms with Gasteiger partial charge in [0.1, 0.15) is 12.4 Å². The van der Waals surface area contributed by atoms with Crippen LogP contribution in [0.1, 0.15) is 36.0 Å². The molecule has 1 amide bonds. The highest BCUT2D eigenvalue weighted by Crippen LogP contribution is 2.23. The molecule has 0 spiro atoms. The summed E-state index contributed by atoms with van der Waals surface area (Å²) in [6, 6.07) is 6.04. The van der Waals surface area contributed by atoms with Crippen LogP contribution in [0, 0.1) is 6.92 Å². The summed E-state index contributed by atoms with van der Waals surface area (Å²) in [6.45, 7) is 5.55. The third-order valence-corrected chi connectivity index (χ3v) is 4.74. The minimum atomic E-state index is 0.0926. The maximum Gasteiger partial charge on any atom is 0.227 e. The number of fused-ring (bicyclic) bond motifs is 2. The largest absolute Gasteiger partial charge is 0.377 e. The maximum atomic E-state index is 12.8. The van der Waals surface area contributed by atoms with Crippen LogP contribution in [0.15, 0.2) is 18.2 Å². The number of benzene rings is 1. The van der Waals surface area contributed by atoms with Crippen LogP contribution in [0.4, 0.5) is 0 Å². The zero-order valence-corrected chi connectivity index (χ0v) is 15.2. The van der Waals surface area contributed by atoms with Crippen LogP contribution >= 0.6 is 0 Å². The number of nitrogens with one attached hydrogen (secondary N) is 1. The van der Waals surface area contributed by atoms with Gasteiger partial charge in [-0.25, -0.2) is 4.98 Å². The average molecular weight is 354 g/mol. The molecule has 4 rings (SSSR count). The summed E-state index contributed by atoms with van der Waals surface area (Å²) >= 11 is 0. The average Bonchev–Trinajstić information content (AvgIpc) is 3.17. The number of hydrogen-bond acceptors (Lipinski definition) is 5. The van der Waals surface area contributed by atoms with E-state index in [1.165, 1.54) is 0 Å². The summed E-state index contributed by atoms with van der Waals surface area (Å²) in [5, 5.41) is 8.43. The molecular formula is C18H22N6O2. The van der Waals surface area contributed by atoms with Crippen molar-refractivity contribution in [2.45, 2.75) is 39.5 Å². The Bertz CT molecular complexity index is 960. The minimum absolute atomic E-state index is 0.0926. The standard InChI is InChI=1S/C18H22N6O2/c1-11-8-23(9-16-21-22-17(10-26-3)24(11)16)18(25)7-13-4-5-14-15(6-13)20-12(2)19-14/h4-6,11H,7-10H2,1-3H3,(H,19,20)/t11-/m0/s1. The van der Waals surface area contributed by atoms with Gasteiger partial charge in [-0.15, -0.1) is 10.2 Å². The van der Waals surface area contributed by atoms with Crippen molar-refractivity contribution in [3.05, 3.63) is 41.2 Å². The number of H-pyrrole nitrogens is 1. The molecule has 0 fully saturated rings. The fourth-order valence-corrected chi connectivity index (χ4v) is 3.61. The van der Waals surface area contributed by atoms with Crippen LogP contribution in [0.5, 0.6) is 0 Å². The number of methoxy groups -OCH3 is 1. The molecule has 1 N–H and O–H groups in total. The fraction of sp³-hybridized carbons (Fsp3) is 0.444. The molecule has 0 radical (unpaired) electrons. The van der Waals surface area contributed by atoms with Gasteiger partial charge in [0.25, 0.3) is 0 Å². The lowest BCUT2D eigenvalue weighted by Crippen LogP contribution is -2.41. The van der Waals surface area contributed by atoms with Crippen LogP contribution in [-0.2, 0) is 29.1 Å². The van der Waals surface area contributed by atoms with Crippen LogP contribution in [0.2, 0.25) is 0 Å². The van der Waals surface area contributed by atoms with E-state index < -0.39 is 0 Å². The Balaban J connectivity index is 1.51. The number of carbonyl (C=O) groups is 1. The van der Waals surface area contributed by atoms with Gasteiger partial charge in [0.2, 0.25) is 5.91 Å². The van der Waals surface area contributed by atoms with Crippen molar-refractivity contribution >= 4 is 16.9 Å². The first-order chi connectivity index (χ1) is 12.5. The van der Waals surface area contributed by atoms with E-state index >= 15 is 0 Å². The second kappa shape index (κ2) is 6.53. The molecule has 1 aliphatic rings. The van der Waals surface area contributed by atoms with Gasteiger partial charge in [-0.3, -0.25) is 4.79 Å². The lowest BCUT2D eigenvalue weighted by atomic mass is 10.1. The van der Waals surface area contributed by atoms with Gasteiger partial charge in [-0.05, 0) is 31.5 Å². The summed E-state index contributed by atoms with van der Waals surface area (Å²) in [7, 11) is 1.64. The lowest BCUT2D eigenvalue weighted by molar-refractivity contribution is -0.132. The molecule has 2 aromatic heterocycles. The monoisotopic (exact) mass is 354 g/mol. The Labute approximate surface area is 151 Å². The van der Waals surface area contributed by atoms with Crippen LogP contribution in [0.3, 0.4) is 0 Å². The predicted molar refractivity (Wildman–Crippen MR) is 95.4 cm³/mol. The van der Waals surface area contributed by atoms with Crippen molar-refractivity contribution in [2.75, 3.05) is 13.7 Å². The zero-order chi connectivity index (χ0) is 18.3. The summed E-state index contributed by atoms with van der Waals surface area (Å²) in [5.74, 6) is 2.58. The quantitative estimate of drug-likeness (QED) is 0.771. The number of carbonyl (C=O) groups excluding carboxylic acids is 1. The number of amides is 1. The number of nitrogens with zero attached hydrogens (tertiary/aromatic N) is 5. The van der Waals surface area contributed by atoms with Crippen LogP contribution in [-0.4, -0.2) is 49.2 Å². The van der Waals surface area contributed by atoms with Crippen molar-refractivity contribution in [1.29, 1.82) is 0 Å². The molecule has 136 valence electrons. The third-order valence-electron chi connectivity index (χ3n) is 4.74. The first kappa shape index (κ1) is 16.7. The first-order valence-electron chi connectivity index (χ1n) is 8.69. The van der Waals surface area contributed by atoms with Crippen molar-refractivity contribution in [1.82, 2.24) is 29.6 Å². The van der Waals surface area contributed by atoms with Gasteiger partial charge >= 0.3 is 0 Å². The SMILES string of the molecule is COCc1nnc2n1[C@@H](C)CN(C(=O)Cc1ccc3nc(C)[nH]c3c1)C2. The van der Waals surface area contributed by atoms with Crippen molar-refractivity contribution in [3.63, 3.8) is 0 Å². The van der Waals surface area contributed by atoms with Crippen LogP contribution in [0.25, 0.3) is 11.0 Å². The van der Waals surface area contributed by atoms with Gasteiger partial charge in [0.15, 0.2) is 11.6 Å². The lowest BCUT2D eigenvalue weighted by Gasteiger charge is -2.32. The van der Waals surface area contributed by atoms with Gasteiger partial charge < -0.3 is 19.2 Å². The van der Waals surface area contributed by atoms with Crippen molar-refractivity contribution in [2.24, 2.45) is 0 Å². The molecule has 0 unspecified atom stereocenters. The predicted octanol–water partition coefficient (Wildman–Crippen LogP) is 1.76. The highest BCUT2D eigenvalue weighted by Gasteiger charge is 2.29. The number of ether oxygens (including phenoxy) is 1. The van der Waals surface area contributed by atoms with E-state index in [2.05, 4.69) is 31.7 Å². The molecule has 3 aromatic rings. The molecule has 8 nitrogen and oxygen atoms in total. The third kappa shape index (κ3) is 2.96. The molecule has 0 bridgehead atoms. The summed E-state index contributed by atoms with van der Waals surface area (Å²) in [4.78, 5) is 22.3. The van der Waals surface area contributed by atoms with E-state index in [1.54, 1.807) is 7.11 Å². The smallest absolute Gasteiger partial charge is 0.227 e. The van der Waals surface area contributed by atoms with E-state index in [-0.39, 0.29) is 11.9 Å². The Kier molecular flexibility index (Phi) is 4.20. The Morgan fingerprint density at radius 3 is 3.04 bits per heavy atom. The van der Waals surface area contributed by atoms with Crippen molar-refractivity contribution < 1.29 is 9.53 Å². The number of rotatable bonds is 4. The molecule has 0 saturated heterocycles. The molecule has 3 heterocycles. The van der Waals surface area contributed by atoms with E-state index in [9.17, 15) is 4.79 Å². The number of aromatic amines is 1. The number of aryl methyl sites for hydroxylation is 1. The Morgan fingerprint density at radius 2 is 2.23 bits per heavy atom. The van der Waals surface area contributed by atoms with Gasteiger partial charge in [-0.1, -0.05) is 6.07 Å². The van der Waals surface area contributed by atoms with E-state index in [0.717, 1.165) is 34.1 Å². The number of imidazole rings is 1. The maximum absolute atomic E-state index is 12.8. The normalized spacial score (nSPS) is 16.9. The molecule has 0 aliphatic carbocycles. The van der Waals surface area contributed by atoms with Gasteiger partial charge in [0.05, 0.1) is 30.0 Å². The molecule has 1 aliphatic heterocycles. The molecule has 26 heavy (non-hydrogen) atoms. The van der Waals surface area contributed by atoms with Gasteiger partial charge in [-0.2, -0.15) is 0 Å². The second-order valence-electron chi connectivity index (χ2n) is 6.81. The molecular weight excluding hydrogens is 332 g/mol. The van der Waals surface area contributed by atoms with Crippen molar-refractivity contribution in [3.8, 4) is 0 Å².